The highest BCUT2D eigenvalue weighted by Gasteiger charge is 2.37. The predicted octanol–water partition coefficient (Wildman–Crippen LogP) is -0.307. The molecule has 0 aromatic heterocycles. The topological polar surface area (TPSA) is 61.9 Å². The number of carbonyl (C=O) groups is 2. The number of ether oxygens (including phenoxy) is 1. The lowest BCUT2D eigenvalue weighted by atomic mass is 9.97. The van der Waals surface area contributed by atoms with Crippen LogP contribution >= 0.6 is 0 Å². The molecule has 0 spiro atoms. The average molecular weight is 295 g/mol. The third-order valence-electron chi connectivity index (χ3n) is 4.82. The maximum atomic E-state index is 12.5. The van der Waals surface area contributed by atoms with Crippen molar-refractivity contribution >= 4 is 11.8 Å². The van der Waals surface area contributed by atoms with E-state index >= 15 is 0 Å². The van der Waals surface area contributed by atoms with Gasteiger partial charge in [0.15, 0.2) is 0 Å². The van der Waals surface area contributed by atoms with Crippen LogP contribution in [-0.2, 0) is 14.3 Å². The van der Waals surface area contributed by atoms with Gasteiger partial charge in [-0.2, -0.15) is 0 Å². The van der Waals surface area contributed by atoms with Crippen LogP contribution in [0.1, 0.15) is 19.3 Å². The van der Waals surface area contributed by atoms with Gasteiger partial charge in [-0.3, -0.25) is 9.59 Å². The summed E-state index contributed by atoms with van der Waals surface area (Å²) in [5.41, 5.74) is 0. The molecule has 3 fully saturated rings. The molecule has 0 aliphatic carbocycles. The molecular weight excluding hydrogens is 270 g/mol. The van der Waals surface area contributed by atoms with Crippen LogP contribution < -0.4 is 5.32 Å². The number of morpholine rings is 1. The van der Waals surface area contributed by atoms with Gasteiger partial charge in [0.1, 0.15) is 0 Å². The van der Waals surface area contributed by atoms with E-state index in [2.05, 4.69) is 5.32 Å². The van der Waals surface area contributed by atoms with Crippen LogP contribution in [0.3, 0.4) is 0 Å². The lowest BCUT2D eigenvalue weighted by Gasteiger charge is -2.30. The van der Waals surface area contributed by atoms with Gasteiger partial charge in [-0.1, -0.05) is 0 Å². The number of hydrogen-bond donors (Lipinski definition) is 1. The van der Waals surface area contributed by atoms with E-state index in [1.165, 1.54) is 0 Å². The second kappa shape index (κ2) is 6.75. The summed E-state index contributed by atoms with van der Waals surface area (Å²) in [7, 11) is 0. The third-order valence-corrected chi connectivity index (χ3v) is 4.82. The van der Waals surface area contributed by atoms with Crippen molar-refractivity contribution < 1.29 is 14.3 Å². The molecule has 6 nitrogen and oxygen atoms in total. The molecule has 1 atom stereocenters. The average Bonchev–Trinajstić information content (AvgIpc) is 2.89. The molecule has 6 heteroatoms. The second-order valence-corrected chi connectivity index (χ2v) is 6.33. The van der Waals surface area contributed by atoms with Gasteiger partial charge >= 0.3 is 0 Å². The Balaban J connectivity index is 1.52. The first-order chi connectivity index (χ1) is 10.2. The Bertz CT molecular complexity index is 390. The highest BCUT2D eigenvalue weighted by Crippen LogP contribution is 2.23. The summed E-state index contributed by atoms with van der Waals surface area (Å²) >= 11 is 0. The fourth-order valence-electron chi connectivity index (χ4n) is 3.53. The Hall–Kier alpha value is -1.14. The molecule has 3 saturated heterocycles. The molecule has 3 aliphatic rings. The largest absolute Gasteiger partial charge is 0.378 e. The first-order valence-electron chi connectivity index (χ1n) is 8.09. The van der Waals surface area contributed by atoms with Gasteiger partial charge < -0.3 is 19.9 Å². The highest BCUT2D eigenvalue weighted by atomic mass is 16.5. The van der Waals surface area contributed by atoms with E-state index in [-0.39, 0.29) is 17.7 Å². The molecule has 118 valence electrons. The number of nitrogens with one attached hydrogen (secondary N) is 1. The van der Waals surface area contributed by atoms with E-state index in [4.69, 9.17) is 4.74 Å². The summed E-state index contributed by atoms with van der Waals surface area (Å²) in [5.74, 6) is 0.740. The lowest BCUT2D eigenvalue weighted by molar-refractivity contribution is -0.139. The van der Waals surface area contributed by atoms with Crippen molar-refractivity contribution in [2.24, 2.45) is 11.8 Å². The van der Waals surface area contributed by atoms with Crippen LogP contribution in [0.2, 0.25) is 0 Å². The Morgan fingerprint density at radius 3 is 2.67 bits per heavy atom. The minimum Gasteiger partial charge on any atom is -0.378 e. The van der Waals surface area contributed by atoms with Crippen LogP contribution in [-0.4, -0.2) is 74.1 Å². The number of amides is 2. The van der Waals surface area contributed by atoms with Gasteiger partial charge in [-0.15, -0.1) is 0 Å². The number of nitrogens with zero attached hydrogens (tertiary/aromatic N) is 2. The summed E-state index contributed by atoms with van der Waals surface area (Å²) in [6, 6.07) is 0. The fourth-order valence-corrected chi connectivity index (χ4v) is 3.53. The van der Waals surface area contributed by atoms with Gasteiger partial charge in [0.25, 0.3) is 0 Å². The van der Waals surface area contributed by atoms with Crippen LogP contribution in [0.5, 0.6) is 0 Å². The third kappa shape index (κ3) is 3.55. The number of rotatable bonds is 3. The number of hydrogen-bond acceptors (Lipinski definition) is 4. The maximum absolute atomic E-state index is 12.5. The van der Waals surface area contributed by atoms with Crippen molar-refractivity contribution in [1.29, 1.82) is 0 Å². The van der Waals surface area contributed by atoms with E-state index in [1.807, 2.05) is 9.80 Å². The molecule has 3 rings (SSSR count). The van der Waals surface area contributed by atoms with Crippen LogP contribution in [0.4, 0.5) is 0 Å². The van der Waals surface area contributed by atoms with Crippen molar-refractivity contribution in [3.05, 3.63) is 0 Å². The van der Waals surface area contributed by atoms with Gasteiger partial charge in [-0.05, 0) is 31.8 Å². The normalized spacial score (nSPS) is 28.2. The zero-order chi connectivity index (χ0) is 14.7. The zero-order valence-corrected chi connectivity index (χ0v) is 12.6. The number of carbonyl (C=O) groups excluding carboxylic acids is 2. The summed E-state index contributed by atoms with van der Waals surface area (Å²) in [6.45, 7) is 6.09. The Morgan fingerprint density at radius 2 is 1.95 bits per heavy atom. The van der Waals surface area contributed by atoms with Crippen molar-refractivity contribution in [1.82, 2.24) is 15.1 Å². The van der Waals surface area contributed by atoms with Gasteiger partial charge in [-0.25, -0.2) is 0 Å². The Labute approximate surface area is 125 Å². The quantitative estimate of drug-likeness (QED) is 0.776. The Kier molecular flexibility index (Phi) is 4.75. The molecule has 1 unspecified atom stereocenters. The molecule has 3 heterocycles. The molecule has 0 bridgehead atoms. The molecular formula is C15H25N3O3. The van der Waals surface area contributed by atoms with Crippen molar-refractivity contribution in [3.63, 3.8) is 0 Å². The molecule has 0 aromatic rings. The van der Waals surface area contributed by atoms with E-state index in [9.17, 15) is 9.59 Å². The van der Waals surface area contributed by atoms with E-state index in [0.29, 0.717) is 45.2 Å². The van der Waals surface area contributed by atoms with E-state index < -0.39 is 0 Å². The van der Waals surface area contributed by atoms with Crippen LogP contribution in [0.25, 0.3) is 0 Å². The molecule has 0 saturated carbocycles. The zero-order valence-electron chi connectivity index (χ0n) is 12.6. The predicted molar refractivity (Wildman–Crippen MR) is 77.7 cm³/mol. The van der Waals surface area contributed by atoms with Gasteiger partial charge in [0, 0.05) is 32.6 Å². The number of likely N-dealkylation sites (tertiary alicyclic amines) is 1. The smallest absolute Gasteiger partial charge is 0.228 e. The first kappa shape index (κ1) is 14.8. The molecule has 2 amide bonds. The minimum absolute atomic E-state index is 0.138. The molecule has 0 aromatic carbocycles. The lowest BCUT2D eigenvalue weighted by Crippen LogP contribution is -2.44. The molecule has 3 aliphatic heterocycles. The highest BCUT2D eigenvalue weighted by molar-refractivity contribution is 5.89. The van der Waals surface area contributed by atoms with E-state index in [1.54, 1.807) is 0 Å². The Morgan fingerprint density at radius 1 is 1.24 bits per heavy atom. The summed E-state index contributed by atoms with van der Waals surface area (Å²) < 4.78 is 5.28. The minimum atomic E-state index is -0.141. The van der Waals surface area contributed by atoms with Crippen LogP contribution in [0, 0.1) is 11.8 Å². The van der Waals surface area contributed by atoms with Crippen molar-refractivity contribution in [2.75, 3.05) is 52.5 Å². The number of piperidine rings is 1. The standard InChI is InChI=1S/C15H25N3O3/c19-14-9-13(15(20)17-5-7-21-8-6-17)11-18(14)10-12-1-3-16-4-2-12/h12-13,16H,1-11H2. The van der Waals surface area contributed by atoms with Crippen molar-refractivity contribution in [2.45, 2.75) is 19.3 Å². The van der Waals surface area contributed by atoms with Crippen LogP contribution in [0.15, 0.2) is 0 Å². The molecule has 1 N–H and O–H groups in total. The van der Waals surface area contributed by atoms with Crippen molar-refractivity contribution in [3.8, 4) is 0 Å². The first-order valence-corrected chi connectivity index (χ1v) is 8.09. The monoisotopic (exact) mass is 295 g/mol. The summed E-state index contributed by atoms with van der Waals surface area (Å²) in [6.07, 6.45) is 2.65. The van der Waals surface area contributed by atoms with Gasteiger partial charge in [0.2, 0.25) is 11.8 Å². The summed E-state index contributed by atoms with van der Waals surface area (Å²) in [4.78, 5) is 28.4. The summed E-state index contributed by atoms with van der Waals surface area (Å²) in [5, 5.41) is 3.34. The second-order valence-electron chi connectivity index (χ2n) is 6.33. The van der Waals surface area contributed by atoms with Gasteiger partial charge in [0.05, 0.1) is 19.1 Å². The van der Waals surface area contributed by atoms with E-state index in [0.717, 1.165) is 32.5 Å². The molecule has 0 radical (unpaired) electrons. The maximum Gasteiger partial charge on any atom is 0.228 e. The molecule has 21 heavy (non-hydrogen) atoms. The SMILES string of the molecule is O=C1CC(C(=O)N2CCOCC2)CN1CC1CCNCC1. The fraction of sp³-hybridized carbons (Fsp3) is 0.867.